The van der Waals surface area contributed by atoms with Crippen molar-refractivity contribution in [3.8, 4) is 0 Å². The van der Waals surface area contributed by atoms with Gasteiger partial charge in [0.25, 0.3) is 0 Å². The number of carbonyl (C=O) groups is 1. The van der Waals surface area contributed by atoms with Crippen LogP contribution in [0.25, 0.3) is 0 Å². The van der Waals surface area contributed by atoms with E-state index < -0.39 is 0 Å². The molecule has 4 unspecified atom stereocenters. The molecular weight excluding hydrogens is 250 g/mol. The van der Waals surface area contributed by atoms with E-state index in [-0.39, 0.29) is 24.5 Å². The summed E-state index contributed by atoms with van der Waals surface area (Å²) in [7, 11) is 0. The Hall–Kier alpha value is -1.35. The van der Waals surface area contributed by atoms with Crippen molar-refractivity contribution in [2.24, 2.45) is 29.6 Å². The van der Waals surface area contributed by atoms with Crippen LogP contribution in [-0.2, 0) is 4.79 Å². The smallest absolute Gasteiger partial charge is 0.224 e. The van der Waals surface area contributed by atoms with Crippen LogP contribution in [0.15, 0.2) is 30.3 Å². The van der Waals surface area contributed by atoms with Gasteiger partial charge in [0.2, 0.25) is 5.91 Å². The van der Waals surface area contributed by atoms with E-state index in [9.17, 15) is 9.90 Å². The number of rotatable bonds is 4. The molecule has 1 aromatic carbocycles. The third kappa shape index (κ3) is 1.80. The molecule has 1 aromatic rings. The first kappa shape index (κ1) is 12.4. The van der Waals surface area contributed by atoms with Gasteiger partial charge in [0.15, 0.2) is 0 Å². The number of hydrogen-bond donors (Lipinski definition) is 2. The molecular formula is C17H21NO2. The Bertz CT molecular complexity index is 499. The fourth-order valence-electron chi connectivity index (χ4n) is 4.86. The van der Waals surface area contributed by atoms with Gasteiger partial charge in [0, 0.05) is 5.92 Å². The molecule has 3 saturated carbocycles. The quantitative estimate of drug-likeness (QED) is 0.881. The van der Waals surface area contributed by atoms with Gasteiger partial charge in [0.1, 0.15) is 0 Å². The van der Waals surface area contributed by atoms with Crippen LogP contribution in [0, 0.1) is 29.6 Å². The van der Waals surface area contributed by atoms with Gasteiger partial charge >= 0.3 is 0 Å². The lowest BCUT2D eigenvalue weighted by molar-refractivity contribution is -0.124. The standard InChI is InChI=1S/C17H21NO2/c19-9-13(10-4-2-1-3-5-10)18-17(20)16-14-11-6-7-12(8-11)15(14)16/h1-5,11-16,19H,6-9H2,(H,18,20)/t11?,12?,13-,14?,15?,16?/m1/s1. The van der Waals surface area contributed by atoms with Crippen LogP contribution in [0.5, 0.6) is 0 Å². The number of aliphatic hydroxyl groups is 1. The van der Waals surface area contributed by atoms with Crippen LogP contribution in [0.2, 0.25) is 0 Å². The normalized spacial score (nSPS) is 38.4. The second-order valence-electron chi connectivity index (χ2n) is 6.67. The lowest BCUT2D eigenvalue weighted by Gasteiger charge is -2.18. The Morgan fingerprint density at radius 1 is 1.20 bits per heavy atom. The van der Waals surface area contributed by atoms with Gasteiger partial charge in [-0.2, -0.15) is 0 Å². The van der Waals surface area contributed by atoms with Crippen LogP contribution < -0.4 is 5.32 Å². The largest absolute Gasteiger partial charge is 0.394 e. The Labute approximate surface area is 119 Å². The van der Waals surface area contributed by atoms with E-state index in [1.165, 1.54) is 19.3 Å². The van der Waals surface area contributed by atoms with Crippen molar-refractivity contribution in [2.45, 2.75) is 25.3 Å². The molecule has 0 heterocycles. The summed E-state index contributed by atoms with van der Waals surface area (Å²) in [5, 5.41) is 12.6. The van der Waals surface area contributed by atoms with Crippen LogP contribution in [0.3, 0.4) is 0 Å². The van der Waals surface area contributed by atoms with E-state index in [1.807, 2.05) is 30.3 Å². The molecule has 0 aliphatic heterocycles. The molecule has 20 heavy (non-hydrogen) atoms. The third-order valence-electron chi connectivity index (χ3n) is 5.74. The second-order valence-corrected chi connectivity index (χ2v) is 6.67. The lowest BCUT2D eigenvalue weighted by atomic mass is 10.0. The fourth-order valence-corrected chi connectivity index (χ4v) is 4.86. The summed E-state index contributed by atoms with van der Waals surface area (Å²) in [6.07, 6.45) is 4.02. The maximum absolute atomic E-state index is 12.5. The second kappa shape index (κ2) is 4.59. The molecule has 106 valence electrons. The molecule has 4 rings (SSSR count). The van der Waals surface area contributed by atoms with Crippen molar-refractivity contribution in [3.05, 3.63) is 35.9 Å². The summed E-state index contributed by atoms with van der Waals surface area (Å²) in [4.78, 5) is 12.5. The molecule has 1 amide bonds. The molecule has 3 heteroatoms. The molecule has 3 aliphatic rings. The highest BCUT2D eigenvalue weighted by atomic mass is 16.3. The maximum atomic E-state index is 12.5. The minimum Gasteiger partial charge on any atom is -0.394 e. The topological polar surface area (TPSA) is 49.3 Å². The Kier molecular flexibility index (Phi) is 2.84. The SMILES string of the molecule is O=C(N[C@H](CO)c1ccccc1)C1C2C3CCC(C3)C12. The number of fused-ring (bicyclic) bond motifs is 5. The first-order chi connectivity index (χ1) is 9.79. The van der Waals surface area contributed by atoms with Gasteiger partial charge in [0.05, 0.1) is 12.6 Å². The average Bonchev–Trinajstić information content (AvgIpc) is 2.94. The summed E-state index contributed by atoms with van der Waals surface area (Å²) in [6.45, 7) is -0.0370. The van der Waals surface area contributed by atoms with Crippen molar-refractivity contribution in [3.63, 3.8) is 0 Å². The van der Waals surface area contributed by atoms with Crippen molar-refractivity contribution >= 4 is 5.91 Å². The van der Waals surface area contributed by atoms with E-state index in [1.54, 1.807) is 0 Å². The molecule has 0 aromatic heterocycles. The highest BCUT2D eigenvalue weighted by Gasteiger charge is 2.67. The number of aliphatic hydroxyl groups excluding tert-OH is 1. The number of amides is 1. The molecule has 0 spiro atoms. The molecule has 0 radical (unpaired) electrons. The third-order valence-corrected chi connectivity index (χ3v) is 5.74. The number of carbonyl (C=O) groups excluding carboxylic acids is 1. The minimum atomic E-state index is -0.261. The fraction of sp³-hybridized carbons (Fsp3) is 0.588. The average molecular weight is 271 g/mol. The summed E-state index contributed by atoms with van der Waals surface area (Å²) in [6, 6.07) is 9.48. The summed E-state index contributed by atoms with van der Waals surface area (Å²) < 4.78 is 0. The maximum Gasteiger partial charge on any atom is 0.224 e. The van der Waals surface area contributed by atoms with E-state index in [0.29, 0.717) is 11.8 Å². The first-order valence-electron chi connectivity index (χ1n) is 7.75. The Balaban J connectivity index is 1.43. The molecule has 2 N–H and O–H groups in total. The zero-order chi connectivity index (χ0) is 13.7. The lowest BCUT2D eigenvalue weighted by Crippen LogP contribution is -2.33. The molecule has 2 bridgehead atoms. The number of nitrogens with one attached hydrogen (secondary N) is 1. The van der Waals surface area contributed by atoms with Gasteiger partial charge in [-0.25, -0.2) is 0 Å². The zero-order valence-electron chi connectivity index (χ0n) is 11.5. The van der Waals surface area contributed by atoms with Crippen LogP contribution in [-0.4, -0.2) is 17.6 Å². The van der Waals surface area contributed by atoms with Gasteiger partial charge in [-0.1, -0.05) is 30.3 Å². The van der Waals surface area contributed by atoms with E-state index in [4.69, 9.17) is 0 Å². The molecule has 3 aliphatic carbocycles. The van der Waals surface area contributed by atoms with Gasteiger partial charge in [-0.3, -0.25) is 4.79 Å². The van der Waals surface area contributed by atoms with Crippen LogP contribution in [0.1, 0.15) is 30.9 Å². The van der Waals surface area contributed by atoms with Crippen molar-refractivity contribution < 1.29 is 9.90 Å². The number of hydrogen-bond acceptors (Lipinski definition) is 2. The van der Waals surface area contributed by atoms with E-state index in [0.717, 1.165) is 17.4 Å². The van der Waals surface area contributed by atoms with Crippen LogP contribution >= 0.6 is 0 Å². The van der Waals surface area contributed by atoms with Crippen LogP contribution in [0.4, 0.5) is 0 Å². The molecule has 0 saturated heterocycles. The zero-order valence-corrected chi connectivity index (χ0v) is 11.5. The Morgan fingerprint density at radius 3 is 2.45 bits per heavy atom. The summed E-state index contributed by atoms with van der Waals surface area (Å²) in [5.41, 5.74) is 0.983. The monoisotopic (exact) mass is 271 g/mol. The van der Waals surface area contributed by atoms with Crippen molar-refractivity contribution in [1.82, 2.24) is 5.32 Å². The molecule has 3 nitrogen and oxygen atoms in total. The first-order valence-corrected chi connectivity index (χ1v) is 7.75. The number of benzene rings is 1. The highest BCUT2D eigenvalue weighted by molar-refractivity contribution is 5.83. The summed E-state index contributed by atoms with van der Waals surface area (Å²) >= 11 is 0. The predicted molar refractivity (Wildman–Crippen MR) is 75.7 cm³/mol. The minimum absolute atomic E-state index is 0.0370. The highest BCUT2D eigenvalue weighted by Crippen LogP contribution is 2.69. The van der Waals surface area contributed by atoms with Gasteiger partial charge < -0.3 is 10.4 Å². The van der Waals surface area contributed by atoms with E-state index in [2.05, 4.69) is 5.32 Å². The van der Waals surface area contributed by atoms with Gasteiger partial charge in [-0.05, 0) is 48.5 Å². The van der Waals surface area contributed by atoms with Crippen molar-refractivity contribution in [2.75, 3.05) is 6.61 Å². The van der Waals surface area contributed by atoms with Crippen molar-refractivity contribution in [1.29, 1.82) is 0 Å². The molecule has 5 atom stereocenters. The summed E-state index contributed by atoms with van der Waals surface area (Å²) in [5.74, 6) is 3.33. The predicted octanol–water partition coefficient (Wildman–Crippen LogP) is 2.13. The Morgan fingerprint density at radius 2 is 1.85 bits per heavy atom. The van der Waals surface area contributed by atoms with Gasteiger partial charge in [-0.15, -0.1) is 0 Å². The van der Waals surface area contributed by atoms with E-state index >= 15 is 0 Å². The molecule has 3 fully saturated rings.